The molecule has 0 saturated carbocycles. The van der Waals surface area contributed by atoms with E-state index in [2.05, 4.69) is 17.1 Å². The van der Waals surface area contributed by atoms with Crippen molar-refractivity contribution in [3.8, 4) is 0 Å². The second-order valence-electron chi connectivity index (χ2n) is 7.92. The minimum atomic E-state index is -0.678. The molecule has 0 amide bonds. The number of methoxy groups -OCH3 is 1. The van der Waals surface area contributed by atoms with Crippen LogP contribution >= 0.6 is 0 Å². The first-order valence-electron chi connectivity index (χ1n) is 10.5. The fourth-order valence-electron chi connectivity index (χ4n) is 4.52. The van der Waals surface area contributed by atoms with Crippen LogP contribution < -0.4 is 0 Å². The largest absolute Gasteiger partial charge is 0.463 e. The summed E-state index contributed by atoms with van der Waals surface area (Å²) < 4.78 is 10.4. The highest BCUT2D eigenvalue weighted by Crippen LogP contribution is 2.46. The molecule has 4 rings (SSSR count). The molecule has 0 bridgehead atoms. The number of esters is 1. The van der Waals surface area contributed by atoms with Crippen molar-refractivity contribution in [1.29, 1.82) is 0 Å². The lowest BCUT2D eigenvalue weighted by Gasteiger charge is -2.36. The number of aromatic nitrogens is 1. The number of rotatable bonds is 6. The van der Waals surface area contributed by atoms with Gasteiger partial charge in [-0.05, 0) is 37.0 Å². The van der Waals surface area contributed by atoms with Crippen molar-refractivity contribution in [2.24, 2.45) is 10.9 Å². The number of hydrogen-bond donors (Lipinski definition) is 0. The molecule has 1 aromatic carbocycles. The number of Topliss-reactive ketones (excluding diaryl/α,β-unsaturated/α-hetero) is 1. The van der Waals surface area contributed by atoms with E-state index >= 15 is 0 Å². The molecule has 0 N–H and O–H groups in total. The Morgan fingerprint density at radius 1 is 1.06 bits per heavy atom. The average molecular weight is 418 g/mol. The van der Waals surface area contributed by atoms with Crippen molar-refractivity contribution in [1.82, 2.24) is 4.98 Å². The summed E-state index contributed by atoms with van der Waals surface area (Å²) in [6.07, 6.45) is 2.74. The van der Waals surface area contributed by atoms with Gasteiger partial charge in [-0.2, -0.15) is 0 Å². The first kappa shape index (κ1) is 21.1. The molecular formula is C25H26N2O4. The van der Waals surface area contributed by atoms with Crippen LogP contribution in [0.1, 0.15) is 42.9 Å². The lowest BCUT2D eigenvalue weighted by atomic mass is 9.70. The Hall–Kier alpha value is -3.12. The van der Waals surface area contributed by atoms with Crippen LogP contribution in [0.25, 0.3) is 0 Å². The van der Waals surface area contributed by atoms with Gasteiger partial charge >= 0.3 is 5.97 Å². The zero-order valence-corrected chi connectivity index (χ0v) is 17.8. The molecule has 6 heteroatoms. The second kappa shape index (κ2) is 9.35. The molecule has 2 aromatic rings. The van der Waals surface area contributed by atoms with Gasteiger partial charge in [0, 0.05) is 42.4 Å². The number of ether oxygens (including phenoxy) is 2. The van der Waals surface area contributed by atoms with E-state index in [0.29, 0.717) is 36.4 Å². The lowest BCUT2D eigenvalue weighted by molar-refractivity contribution is -0.147. The minimum absolute atomic E-state index is 0.0247. The third-order valence-electron chi connectivity index (χ3n) is 5.95. The Morgan fingerprint density at radius 3 is 2.55 bits per heavy atom. The van der Waals surface area contributed by atoms with Crippen molar-refractivity contribution in [3.05, 3.63) is 77.3 Å². The van der Waals surface area contributed by atoms with Crippen LogP contribution in [0.15, 0.2) is 71.0 Å². The van der Waals surface area contributed by atoms with Crippen molar-refractivity contribution in [2.45, 2.75) is 31.6 Å². The number of pyridine rings is 1. The smallest absolute Gasteiger partial charge is 0.315 e. The molecule has 0 spiro atoms. The molecule has 1 aromatic heterocycles. The monoisotopic (exact) mass is 418 g/mol. The van der Waals surface area contributed by atoms with Crippen LogP contribution in [-0.2, 0) is 19.1 Å². The van der Waals surface area contributed by atoms with Crippen LogP contribution in [-0.4, -0.2) is 42.8 Å². The zero-order valence-electron chi connectivity index (χ0n) is 17.8. The number of ketones is 1. The van der Waals surface area contributed by atoms with Crippen LogP contribution in [0, 0.1) is 5.92 Å². The standard InChI is InChI=1S/C25H26N2O4/c1-16-22(25(29)31-13-12-30-2)24(19-10-6-7-11-26-19)23-20(27-16)14-18(15-21(23)28)17-8-4-3-5-9-17/h3-11,18,22,24H,12-15H2,1-2H3/t18-,22?,24-/m1/s1. The second-order valence-corrected chi connectivity index (χ2v) is 7.92. The van der Waals surface area contributed by atoms with Crippen LogP contribution in [0.3, 0.4) is 0 Å². The molecule has 3 atom stereocenters. The number of allylic oxidation sites excluding steroid dienone is 2. The quantitative estimate of drug-likeness (QED) is 0.526. The van der Waals surface area contributed by atoms with Gasteiger partial charge in [-0.1, -0.05) is 36.4 Å². The molecule has 6 nitrogen and oxygen atoms in total. The SMILES string of the molecule is COCCOC(=O)C1C(C)=NC2=C(C(=O)C[C@H](c3ccccc3)C2)[C@@H]1c1ccccn1. The van der Waals surface area contributed by atoms with Crippen LogP contribution in [0.4, 0.5) is 0 Å². The van der Waals surface area contributed by atoms with Crippen LogP contribution in [0.2, 0.25) is 0 Å². The first-order valence-corrected chi connectivity index (χ1v) is 10.5. The summed E-state index contributed by atoms with van der Waals surface area (Å²) in [5.74, 6) is -1.47. The maximum absolute atomic E-state index is 13.4. The summed E-state index contributed by atoms with van der Waals surface area (Å²) in [6, 6.07) is 15.6. The van der Waals surface area contributed by atoms with Crippen molar-refractivity contribution >= 4 is 17.5 Å². The molecule has 2 heterocycles. The van der Waals surface area contributed by atoms with Crippen molar-refractivity contribution < 1.29 is 19.1 Å². The van der Waals surface area contributed by atoms with Gasteiger partial charge in [-0.15, -0.1) is 0 Å². The van der Waals surface area contributed by atoms with Gasteiger partial charge in [0.05, 0.1) is 12.5 Å². The predicted molar refractivity (Wildman–Crippen MR) is 117 cm³/mol. The normalized spacial score (nSPS) is 23.2. The fraction of sp³-hybridized carbons (Fsp3) is 0.360. The van der Waals surface area contributed by atoms with E-state index in [1.165, 1.54) is 0 Å². The Labute approximate surface area is 182 Å². The average Bonchev–Trinajstić information content (AvgIpc) is 2.79. The topological polar surface area (TPSA) is 77.9 Å². The maximum atomic E-state index is 13.4. The minimum Gasteiger partial charge on any atom is -0.463 e. The van der Waals surface area contributed by atoms with Gasteiger partial charge in [0.25, 0.3) is 0 Å². The predicted octanol–water partition coefficient (Wildman–Crippen LogP) is 3.85. The van der Waals surface area contributed by atoms with E-state index in [9.17, 15) is 9.59 Å². The summed E-state index contributed by atoms with van der Waals surface area (Å²) in [4.78, 5) is 35.7. The highest BCUT2D eigenvalue weighted by Gasteiger charge is 2.45. The Balaban J connectivity index is 1.73. The van der Waals surface area contributed by atoms with Crippen LogP contribution in [0.5, 0.6) is 0 Å². The van der Waals surface area contributed by atoms with E-state index in [4.69, 9.17) is 14.5 Å². The lowest BCUT2D eigenvalue weighted by Crippen LogP contribution is -2.38. The number of aliphatic imine (C=N–C) groups is 1. The van der Waals surface area contributed by atoms with Crippen molar-refractivity contribution in [2.75, 3.05) is 20.3 Å². The highest BCUT2D eigenvalue weighted by molar-refractivity contribution is 6.09. The molecule has 1 aliphatic heterocycles. The van der Waals surface area contributed by atoms with E-state index in [1.54, 1.807) is 13.3 Å². The molecule has 1 unspecified atom stereocenters. The molecule has 0 radical (unpaired) electrons. The summed E-state index contributed by atoms with van der Waals surface area (Å²) in [7, 11) is 1.55. The summed E-state index contributed by atoms with van der Waals surface area (Å²) in [6.45, 7) is 2.30. The molecule has 31 heavy (non-hydrogen) atoms. The van der Waals surface area contributed by atoms with Gasteiger partial charge < -0.3 is 9.47 Å². The number of carbonyl (C=O) groups is 2. The van der Waals surface area contributed by atoms with E-state index in [-0.39, 0.29) is 18.3 Å². The van der Waals surface area contributed by atoms with Gasteiger partial charge in [0.2, 0.25) is 0 Å². The summed E-state index contributed by atoms with van der Waals surface area (Å²) >= 11 is 0. The molecule has 2 aliphatic rings. The Morgan fingerprint density at radius 2 is 1.84 bits per heavy atom. The van der Waals surface area contributed by atoms with E-state index < -0.39 is 17.8 Å². The molecule has 0 fully saturated rings. The van der Waals surface area contributed by atoms with Gasteiger partial charge in [-0.3, -0.25) is 19.6 Å². The van der Waals surface area contributed by atoms with Gasteiger partial charge in [0.1, 0.15) is 12.5 Å². The Kier molecular flexibility index (Phi) is 6.37. The third kappa shape index (κ3) is 4.35. The molecule has 1 aliphatic carbocycles. The molecule has 160 valence electrons. The number of hydrogen-bond acceptors (Lipinski definition) is 6. The maximum Gasteiger partial charge on any atom is 0.315 e. The zero-order chi connectivity index (χ0) is 21.8. The summed E-state index contributed by atoms with van der Waals surface area (Å²) in [5.41, 5.74) is 3.83. The molecular weight excluding hydrogens is 392 g/mol. The van der Waals surface area contributed by atoms with E-state index in [0.717, 1.165) is 11.3 Å². The summed E-state index contributed by atoms with van der Waals surface area (Å²) in [5, 5.41) is 0. The fourth-order valence-corrected chi connectivity index (χ4v) is 4.52. The van der Waals surface area contributed by atoms with Gasteiger partial charge in [-0.25, -0.2) is 0 Å². The number of benzene rings is 1. The Bertz CT molecular complexity index is 1010. The number of nitrogens with zero attached hydrogens (tertiary/aromatic N) is 2. The van der Waals surface area contributed by atoms with Gasteiger partial charge in [0.15, 0.2) is 5.78 Å². The van der Waals surface area contributed by atoms with E-state index in [1.807, 2.05) is 43.3 Å². The first-order chi connectivity index (χ1) is 15.1. The third-order valence-corrected chi connectivity index (χ3v) is 5.95. The highest BCUT2D eigenvalue weighted by atomic mass is 16.6. The molecule has 0 saturated heterocycles. The van der Waals surface area contributed by atoms with Crippen molar-refractivity contribution in [3.63, 3.8) is 0 Å². The number of carbonyl (C=O) groups excluding carboxylic acids is 2.